The van der Waals surface area contributed by atoms with Crippen molar-refractivity contribution in [2.45, 2.75) is 26.3 Å². The number of aryl methyl sites for hydroxylation is 1. The van der Waals surface area contributed by atoms with Crippen LogP contribution in [0.15, 0.2) is 60.8 Å². The lowest BCUT2D eigenvalue weighted by molar-refractivity contribution is 0.281. The Balaban J connectivity index is 1.42. The molecule has 0 amide bonds. The summed E-state index contributed by atoms with van der Waals surface area (Å²) in [5.74, 6) is 0.970. The average molecular weight is 391 g/mol. The van der Waals surface area contributed by atoms with Gasteiger partial charge in [0, 0.05) is 38.9 Å². The molecular formula is C24H30N4O. The second-order valence-corrected chi connectivity index (χ2v) is 7.56. The molecule has 5 nitrogen and oxygen atoms in total. The minimum atomic E-state index is 0.889. The predicted molar refractivity (Wildman–Crippen MR) is 118 cm³/mol. The summed E-state index contributed by atoms with van der Waals surface area (Å²) in [5.41, 5.74) is 4.80. The Morgan fingerprint density at radius 3 is 2.62 bits per heavy atom. The van der Waals surface area contributed by atoms with E-state index < -0.39 is 0 Å². The fraction of sp³-hybridized carbons (Fsp3) is 0.375. The maximum absolute atomic E-state index is 5.64. The highest BCUT2D eigenvalue weighted by molar-refractivity contribution is 5.60. The van der Waals surface area contributed by atoms with Crippen LogP contribution in [0.1, 0.15) is 24.6 Å². The van der Waals surface area contributed by atoms with Gasteiger partial charge < -0.3 is 9.64 Å². The molecule has 1 aliphatic rings. The second-order valence-electron chi connectivity index (χ2n) is 7.56. The number of benzene rings is 2. The van der Waals surface area contributed by atoms with Crippen LogP contribution in [0, 0.1) is 0 Å². The molecule has 2 heterocycles. The van der Waals surface area contributed by atoms with Gasteiger partial charge in [0.15, 0.2) is 0 Å². The molecule has 1 aromatic heterocycles. The number of anilines is 1. The van der Waals surface area contributed by atoms with Crippen LogP contribution in [0.5, 0.6) is 5.75 Å². The van der Waals surface area contributed by atoms with Crippen molar-refractivity contribution in [2.75, 3.05) is 38.2 Å². The van der Waals surface area contributed by atoms with Crippen molar-refractivity contribution in [2.24, 2.45) is 0 Å². The number of methoxy groups -OCH3 is 1. The first-order valence-corrected chi connectivity index (χ1v) is 10.5. The molecule has 0 N–H and O–H groups in total. The summed E-state index contributed by atoms with van der Waals surface area (Å²) in [6.45, 7) is 7.26. The predicted octanol–water partition coefficient (Wildman–Crippen LogP) is 4.16. The molecule has 0 saturated carbocycles. The number of hydrogen-bond acceptors (Lipinski definition) is 4. The van der Waals surface area contributed by atoms with Crippen LogP contribution in [0.3, 0.4) is 0 Å². The van der Waals surface area contributed by atoms with Crippen LogP contribution in [0.25, 0.3) is 5.69 Å². The highest BCUT2D eigenvalue weighted by atomic mass is 16.5. The third-order valence-corrected chi connectivity index (χ3v) is 5.63. The van der Waals surface area contributed by atoms with Gasteiger partial charge in [-0.15, -0.1) is 0 Å². The largest absolute Gasteiger partial charge is 0.495 e. The summed E-state index contributed by atoms with van der Waals surface area (Å²) >= 11 is 0. The molecule has 152 valence electrons. The van der Waals surface area contributed by atoms with Crippen molar-refractivity contribution in [3.8, 4) is 11.4 Å². The monoisotopic (exact) mass is 390 g/mol. The van der Waals surface area contributed by atoms with E-state index in [-0.39, 0.29) is 0 Å². The first-order valence-electron chi connectivity index (χ1n) is 10.5. The van der Waals surface area contributed by atoms with Crippen LogP contribution in [0.2, 0.25) is 0 Å². The SMILES string of the molecule is CCc1ccc(OC)c(N2CCCN(Cc3ccn(-c4ccccc4)n3)CC2)c1. The van der Waals surface area contributed by atoms with Crippen LogP contribution >= 0.6 is 0 Å². The van der Waals surface area contributed by atoms with Crippen molar-refractivity contribution in [3.63, 3.8) is 0 Å². The van der Waals surface area contributed by atoms with Gasteiger partial charge in [0.1, 0.15) is 5.75 Å². The standard InChI is InChI=1S/C24H30N4O/c1-3-20-10-11-24(29-2)23(18-20)27-14-7-13-26(16-17-27)19-21-12-15-28(25-21)22-8-5-4-6-9-22/h4-6,8-12,15,18H,3,7,13-14,16-17,19H2,1-2H3. The summed E-state index contributed by atoms with van der Waals surface area (Å²) in [6.07, 6.45) is 4.23. The van der Waals surface area contributed by atoms with E-state index in [1.54, 1.807) is 7.11 Å². The smallest absolute Gasteiger partial charge is 0.142 e. The lowest BCUT2D eigenvalue weighted by Crippen LogP contribution is -2.30. The van der Waals surface area contributed by atoms with Crippen molar-refractivity contribution in [1.82, 2.24) is 14.7 Å². The van der Waals surface area contributed by atoms with Gasteiger partial charge in [-0.05, 0) is 48.7 Å². The molecule has 1 aliphatic heterocycles. The second kappa shape index (κ2) is 9.14. The fourth-order valence-electron chi connectivity index (χ4n) is 3.97. The summed E-state index contributed by atoms with van der Waals surface area (Å²) < 4.78 is 7.60. The zero-order valence-corrected chi connectivity index (χ0v) is 17.4. The van der Waals surface area contributed by atoms with E-state index in [9.17, 15) is 0 Å². The van der Waals surface area contributed by atoms with E-state index in [1.807, 2.05) is 22.9 Å². The van der Waals surface area contributed by atoms with E-state index in [0.717, 1.165) is 62.7 Å². The van der Waals surface area contributed by atoms with Gasteiger partial charge in [0.25, 0.3) is 0 Å². The number of hydrogen-bond donors (Lipinski definition) is 0. The third kappa shape index (κ3) is 4.62. The van der Waals surface area contributed by atoms with Crippen LogP contribution in [0.4, 0.5) is 5.69 Å². The fourth-order valence-corrected chi connectivity index (χ4v) is 3.97. The Bertz CT molecular complexity index is 922. The van der Waals surface area contributed by atoms with E-state index in [4.69, 9.17) is 9.84 Å². The van der Waals surface area contributed by atoms with Gasteiger partial charge in [-0.3, -0.25) is 4.90 Å². The van der Waals surface area contributed by atoms with E-state index >= 15 is 0 Å². The molecule has 5 heteroatoms. The van der Waals surface area contributed by atoms with E-state index in [2.05, 4.69) is 59.3 Å². The highest BCUT2D eigenvalue weighted by Crippen LogP contribution is 2.30. The molecule has 0 radical (unpaired) electrons. The molecule has 29 heavy (non-hydrogen) atoms. The molecule has 0 spiro atoms. The molecule has 2 aromatic carbocycles. The van der Waals surface area contributed by atoms with Crippen molar-refractivity contribution < 1.29 is 4.74 Å². The zero-order chi connectivity index (χ0) is 20.1. The first kappa shape index (κ1) is 19.5. The number of para-hydroxylation sites is 1. The van der Waals surface area contributed by atoms with Gasteiger partial charge >= 0.3 is 0 Å². The summed E-state index contributed by atoms with van der Waals surface area (Å²) in [6, 6.07) is 19.0. The molecule has 0 aliphatic carbocycles. The summed E-state index contributed by atoms with van der Waals surface area (Å²) in [4.78, 5) is 4.98. The molecule has 4 rings (SSSR count). The van der Waals surface area contributed by atoms with Crippen molar-refractivity contribution in [1.29, 1.82) is 0 Å². The van der Waals surface area contributed by atoms with E-state index in [0.29, 0.717) is 0 Å². The van der Waals surface area contributed by atoms with Crippen LogP contribution < -0.4 is 9.64 Å². The van der Waals surface area contributed by atoms with Gasteiger partial charge in [-0.1, -0.05) is 31.2 Å². The molecule has 1 fully saturated rings. The van der Waals surface area contributed by atoms with Crippen LogP contribution in [-0.2, 0) is 13.0 Å². The quantitative estimate of drug-likeness (QED) is 0.633. The Kier molecular flexibility index (Phi) is 6.15. The van der Waals surface area contributed by atoms with Gasteiger partial charge in [-0.25, -0.2) is 4.68 Å². The van der Waals surface area contributed by atoms with Gasteiger partial charge in [-0.2, -0.15) is 5.10 Å². The van der Waals surface area contributed by atoms with Gasteiger partial charge in [0.05, 0.1) is 24.2 Å². The number of nitrogens with zero attached hydrogens (tertiary/aromatic N) is 4. The average Bonchev–Trinajstić information content (AvgIpc) is 3.12. The number of rotatable bonds is 6. The minimum absolute atomic E-state index is 0.889. The molecule has 0 atom stereocenters. The maximum atomic E-state index is 5.64. The number of ether oxygens (including phenoxy) is 1. The Labute approximate surface area is 173 Å². The molecule has 3 aromatic rings. The Morgan fingerprint density at radius 2 is 1.83 bits per heavy atom. The topological polar surface area (TPSA) is 33.5 Å². The van der Waals surface area contributed by atoms with Crippen molar-refractivity contribution >= 4 is 5.69 Å². The maximum Gasteiger partial charge on any atom is 0.142 e. The summed E-state index contributed by atoms with van der Waals surface area (Å²) in [7, 11) is 1.76. The normalized spacial score (nSPS) is 15.3. The molecule has 1 saturated heterocycles. The molecule has 0 bridgehead atoms. The highest BCUT2D eigenvalue weighted by Gasteiger charge is 2.19. The summed E-state index contributed by atoms with van der Waals surface area (Å²) in [5, 5.41) is 4.77. The van der Waals surface area contributed by atoms with Crippen molar-refractivity contribution in [3.05, 3.63) is 72.1 Å². The molecule has 0 unspecified atom stereocenters. The van der Waals surface area contributed by atoms with Crippen LogP contribution in [-0.4, -0.2) is 48.0 Å². The first-order chi connectivity index (χ1) is 14.3. The molecular weight excluding hydrogens is 360 g/mol. The number of aromatic nitrogens is 2. The lowest BCUT2D eigenvalue weighted by atomic mass is 10.1. The zero-order valence-electron chi connectivity index (χ0n) is 17.4. The Morgan fingerprint density at radius 1 is 0.966 bits per heavy atom. The van der Waals surface area contributed by atoms with E-state index in [1.165, 1.54) is 11.3 Å². The minimum Gasteiger partial charge on any atom is -0.495 e. The Hall–Kier alpha value is -2.79. The van der Waals surface area contributed by atoms with Gasteiger partial charge in [0.2, 0.25) is 0 Å². The lowest BCUT2D eigenvalue weighted by Gasteiger charge is -2.25. The third-order valence-electron chi connectivity index (χ3n) is 5.63.